The summed E-state index contributed by atoms with van der Waals surface area (Å²) >= 11 is 0. The second-order valence-electron chi connectivity index (χ2n) is 6.16. The number of nitrogens with one attached hydrogen (secondary N) is 1. The van der Waals surface area contributed by atoms with Gasteiger partial charge in [0.05, 0.1) is 6.10 Å². The molecule has 25 heavy (non-hydrogen) atoms. The Morgan fingerprint density at radius 2 is 2.12 bits per heavy atom. The molecule has 1 atom stereocenters. The van der Waals surface area contributed by atoms with Crippen LogP contribution in [0.5, 0.6) is 0 Å². The van der Waals surface area contributed by atoms with Gasteiger partial charge < -0.3 is 15.0 Å². The predicted molar refractivity (Wildman–Crippen MR) is 92.3 cm³/mol. The van der Waals surface area contributed by atoms with Crippen LogP contribution in [0.3, 0.4) is 0 Å². The van der Waals surface area contributed by atoms with Crippen LogP contribution in [0, 0.1) is 5.82 Å². The lowest BCUT2D eigenvalue weighted by Crippen LogP contribution is -2.43. The van der Waals surface area contributed by atoms with E-state index in [1.54, 1.807) is 29.4 Å². The summed E-state index contributed by atoms with van der Waals surface area (Å²) in [4.78, 5) is 18.5. The fourth-order valence-electron chi connectivity index (χ4n) is 2.86. The minimum Gasteiger partial charge on any atom is -0.376 e. The molecule has 0 bridgehead atoms. The Balaban J connectivity index is 1.62. The van der Waals surface area contributed by atoms with Crippen LogP contribution in [-0.2, 0) is 17.8 Å². The van der Waals surface area contributed by atoms with Crippen molar-refractivity contribution in [3.63, 3.8) is 0 Å². The number of urea groups is 1. The molecule has 1 aromatic carbocycles. The van der Waals surface area contributed by atoms with Crippen LogP contribution in [-0.4, -0.2) is 35.2 Å². The highest BCUT2D eigenvalue weighted by molar-refractivity contribution is 5.74. The zero-order valence-electron chi connectivity index (χ0n) is 14.0. The Hall–Kier alpha value is -2.47. The third kappa shape index (κ3) is 5.26. The number of ether oxygens (including phenoxy) is 1. The highest BCUT2D eigenvalue weighted by Crippen LogP contribution is 2.15. The van der Waals surface area contributed by atoms with Crippen LogP contribution in [0.4, 0.5) is 9.18 Å². The molecule has 1 aliphatic heterocycles. The van der Waals surface area contributed by atoms with Gasteiger partial charge in [0.2, 0.25) is 0 Å². The van der Waals surface area contributed by atoms with Crippen molar-refractivity contribution in [3.05, 3.63) is 65.7 Å². The average Bonchev–Trinajstić information content (AvgIpc) is 3.14. The van der Waals surface area contributed by atoms with E-state index >= 15 is 0 Å². The highest BCUT2D eigenvalue weighted by Gasteiger charge is 2.22. The highest BCUT2D eigenvalue weighted by atomic mass is 19.1. The summed E-state index contributed by atoms with van der Waals surface area (Å²) in [5.41, 5.74) is 1.82. The number of nitrogens with zero attached hydrogens (tertiary/aromatic N) is 2. The van der Waals surface area contributed by atoms with E-state index in [0.29, 0.717) is 19.6 Å². The van der Waals surface area contributed by atoms with E-state index in [9.17, 15) is 9.18 Å². The van der Waals surface area contributed by atoms with E-state index < -0.39 is 0 Å². The molecule has 1 saturated heterocycles. The molecule has 0 spiro atoms. The zero-order valence-corrected chi connectivity index (χ0v) is 14.0. The quantitative estimate of drug-likeness (QED) is 0.877. The summed E-state index contributed by atoms with van der Waals surface area (Å²) in [6.07, 6.45) is 5.54. The molecule has 2 heterocycles. The molecule has 5 nitrogen and oxygen atoms in total. The van der Waals surface area contributed by atoms with Crippen molar-refractivity contribution in [1.29, 1.82) is 0 Å². The van der Waals surface area contributed by atoms with Gasteiger partial charge in [-0.05, 0) is 42.2 Å². The number of aromatic nitrogens is 1. The second-order valence-corrected chi connectivity index (χ2v) is 6.16. The van der Waals surface area contributed by atoms with Crippen molar-refractivity contribution < 1.29 is 13.9 Å². The predicted octanol–water partition coefficient (Wildman–Crippen LogP) is 3.11. The van der Waals surface area contributed by atoms with Crippen LogP contribution in [0.15, 0.2) is 48.8 Å². The van der Waals surface area contributed by atoms with Crippen molar-refractivity contribution in [1.82, 2.24) is 15.2 Å². The maximum absolute atomic E-state index is 13.0. The normalized spacial score (nSPS) is 16.6. The van der Waals surface area contributed by atoms with Gasteiger partial charge in [-0.25, -0.2) is 9.18 Å². The van der Waals surface area contributed by atoms with Gasteiger partial charge in [-0.1, -0.05) is 18.2 Å². The number of amides is 2. The molecular formula is C19H22FN3O2. The number of carbonyl (C=O) groups excluding carboxylic acids is 1. The van der Waals surface area contributed by atoms with Crippen molar-refractivity contribution in [3.8, 4) is 0 Å². The summed E-state index contributed by atoms with van der Waals surface area (Å²) in [5, 5.41) is 2.90. The smallest absolute Gasteiger partial charge is 0.318 e. The van der Waals surface area contributed by atoms with Gasteiger partial charge in [0.15, 0.2) is 0 Å². The Bertz CT molecular complexity index is 673. The SMILES string of the molecule is O=C(NCc1ccc(F)cc1)N(Cc1cccnc1)CC1CCCO1. The molecule has 2 aromatic rings. The third-order valence-electron chi connectivity index (χ3n) is 4.19. The Labute approximate surface area is 146 Å². The number of benzene rings is 1. The molecule has 0 saturated carbocycles. The van der Waals surface area contributed by atoms with E-state index in [-0.39, 0.29) is 18.0 Å². The lowest BCUT2D eigenvalue weighted by Gasteiger charge is -2.26. The third-order valence-corrected chi connectivity index (χ3v) is 4.19. The van der Waals surface area contributed by atoms with E-state index in [1.165, 1.54) is 12.1 Å². The summed E-state index contributed by atoms with van der Waals surface area (Å²) < 4.78 is 18.6. The molecule has 1 fully saturated rings. The topological polar surface area (TPSA) is 54.5 Å². The van der Waals surface area contributed by atoms with Crippen molar-refractivity contribution in [2.24, 2.45) is 0 Å². The number of pyridine rings is 1. The molecule has 1 aromatic heterocycles. The van der Waals surface area contributed by atoms with Gasteiger partial charge >= 0.3 is 6.03 Å². The van der Waals surface area contributed by atoms with Gasteiger partial charge in [-0.3, -0.25) is 4.98 Å². The summed E-state index contributed by atoms with van der Waals surface area (Å²) in [6, 6.07) is 9.76. The standard InChI is InChI=1S/C19H22FN3O2/c20-17-7-5-15(6-8-17)12-22-19(24)23(14-18-4-2-10-25-18)13-16-3-1-9-21-11-16/h1,3,5-9,11,18H,2,4,10,12-14H2,(H,22,24). The number of halogens is 1. The molecule has 2 amide bonds. The molecule has 1 N–H and O–H groups in total. The van der Waals surface area contributed by atoms with Crippen molar-refractivity contribution >= 4 is 6.03 Å². The van der Waals surface area contributed by atoms with E-state index in [4.69, 9.17) is 4.74 Å². The van der Waals surface area contributed by atoms with Gasteiger partial charge in [0.1, 0.15) is 5.82 Å². The molecule has 6 heteroatoms. The molecule has 0 radical (unpaired) electrons. The minimum atomic E-state index is -0.285. The number of rotatable bonds is 6. The lowest BCUT2D eigenvalue weighted by molar-refractivity contribution is 0.0794. The Kier molecular flexibility index (Phi) is 5.95. The van der Waals surface area contributed by atoms with Crippen LogP contribution in [0.25, 0.3) is 0 Å². The van der Waals surface area contributed by atoms with Crippen LogP contribution < -0.4 is 5.32 Å². The molecule has 3 rings (SSSR count). The van der Waals surface area contributed by atoms with Crippen molar-refractivity contribution in [2.45, 2.75) is 32.0 Å². The Morgan fingerprint density at radius 1 is 1.28 bits per heavy atom. The molecule has 0 aliphatic carbocycles. The van der Waals surface area contributed by atoms with Gasteiger partial charge in [-0.2, -0.15) is 0 Å². The van der Waals surface area contributed by atoms with Gasteiger partial charge in [-0.15, -0.1) is 0 Å². The minimum absolute atomic E-state index is 0.0771. The largest absolute Gasteiger partial charge is 0.376 e. The first kappa shape index (κ1) is 17.4. The van der Waals surface area contributed by atoms with Gasteiger partial charge in [0.25, 0.3) is 0 Å². The first-order valence-electron chi connectivity index (χ1n) is 8.48. The zero-order chi connectivity index (χ0) is 17.5. The number of carbonyl (C=O) groups is 1. The Morgan fingerprint density at radius 3 is 2.80 bits per heavy atom. The van der Waals surface area contributed by atoms with Crippen LogP contribution >= 0.6 is 0 Å². The molecule has 1 aliphatic rings. The van der Waals surface area contributed by atoms with Crippen LogP contribution in [0.2, 0.25) is 0 Å². The first-order valence-corrected chi connectivity index (χ1v) is 8.48. The lowest BCUT2D eigenvalue weighted by atomic mass is 10.2. The summed E-state index contributed by atoms with van der Waals surface area (Å²) in [5.74, 6) is -0.285. The number of hydrogen-bond donors (Lipinski definition) is 1. The van der Waals surface area contributed by atoms with E-state index in [0.717, 1.165) is 30.6 Å². The van der Waals surface area contributed by atoms with E-state index in [1.807, 2.05) is 12.1 Å². The summed E-state index contributed by atoms with van der Waals surface area (Å²) in [7, 11) is 0. The fraction of sp³-hybridized carbons (Fsp3) is 0.368. The summed E-state index contributed by atoms with van der Waals surface area (Å²) in [6.45, 7) is 2.13. The first-order chi connectivity index (χ1) is 12.2. The second kappa shape index (κ2) is 8.58. The monoisotopic (exact) mass is 343 g/mol. The fourth-order valence-corrected chi connectivity index (χ4v) is 2.86. The maximum atomic E-state index is 13.0. The number of hydrogen-bond acceptors (Lipinski definition) is 3. The molecule has 1 unspecified atom stereocenters. The van der Waals surface area contributed by atoms with Crippen molar-refractivity contribution in [2.75, 3.05) is 13.2 Å². The van der Waals surface area contributed by atoms with E-state index in [2.05, 4.69) is 10.3 Å². The van der Waals surface area contributed by atoms with Gasteiger partial charge in [0, 0.05) is 38.6 Å². The average molecular weight is 343 g/mol. The maximum Gasteiger partial charge on any atom is 0.318 e. The molecular weight excluding hydrogens is 321 g/mol. The molecule has 132 valence electrons. The van der Waals surface area contributed by atoms with Crippen LogP contribution in [0.1, 0.15) is 24.0 Å².